The molecular formula is C15H20N4. The normalized spacial score (nSPS) is 14.9. The molecule has 4 nitrogen and oxygen atoms in total. The summed E-state index contributed by atoms with van der Waals surface area (Å²) in [6.07, 6.45) is 3.30. The second kappa shape index (κ2) is 4.78. The Kier molecular flexibility index (Phi) is 3.11. The van der Waals surface area contributed by atoms with Crippen LogP contribution < -0.4 is 5.73 Å². The van der Waals surface area contributed by atoms with Crippen LogP contribution in [0.15, 0.2) is 18.2 Å². The molecule has 0 spiro atoms. The van der Waals surface area contributed by atoms with Crippen molar-refractivity contribution >= 4 is 0 Å². The molecule has 1 aliphatic carbocycles. The molecular weight excluding hydrogens is 236 g/mol. The Morgan fingerprint density at radius 2 is 1.95 bits per heavy atom. The summed E-state index contributed by atoms with van der Waals surface area (Å²) in [5.74, 6) is 1.97. The van der Waals surface area contributed by atoms with Crippen molar-refractivity contribution in [1.29, 1.82) is 0 Å². The van der Waals surface area contributed by atoms with Crippen molar-refractivity contribution in [2.24, 2.45) is 5.73 Å². The van der Waals surface area contributed by atoms with Gasteiger partial charge in [0.1, 0.15) is 11.6 Å². The van der Waals surface area contributed by atoms with Gasteiger partial charge in [0.2, 0.25) is 0 Å². The number of aromatic nitrogens is 3. The summed E-state index contributed by atoms with van der Waals surface area (Å²) in [6.45, 7) is 4.74. The maximum absolute atomic E-state index is 5.75. The van der Waals surface area contributed by atoms with Gasteiger partial charge in [-0.3, -0.25) is 0 Å². The number of benzene rings is 1. The van der Waals surface area contributed by atoms with Crippen molar-refractivity contribution < 1.29 is 0 Å². The monoisotopic (exact) mass is 256 g/mol. The largest absolute Gasteiger partial charge is 0.324 e. The molecule has 0 radical (unpaired) electrons. The lowest BCUT2D eigenvalue weighted by atomic mass is 10.0. The second-order valence-corrected chi connectivity index (χ2v) is 5.44. The van der Waals surface area contributed by atoms with Crippen LogP contribution in [0, 0.1) is 13.8 Å². The fourth-order valence-corrected chi connectivity index (χ4v) is 2.54. The molecule has 1 fully saturated rings. The molecule has 100 valence electrons. The molecule has 1 saturated carbocycles. The van der Waals surface area contributed by atoms with Gasteiger partial charge in [0.05, 0.1) is 6.54 Å². The van der Waals surface area contributed by atoms with Crippen molar-refractivity contribution in [3.63, 3.8) is 0 Å². The molecule has 0 unspecified atom stereocenters. The first kappa shape index (κ1) is 12.4. The quantitative estimate of drug-likeness (QED) is 0.913. The number of rotatable bonds is 4. The Bertz CT molecular complexity index is 596. The van der Waals surface area contributed by atoms with Gasteiger partial charge in [-0.25, -0.2) is 0 Å². The van der Waals surface area contributed by atoms with Gasteiger partial charge in [-0.2, -0.15) is 0 Å². The van der Waals surface area contributed by atoms with Crippen molar-refractivity contribution in [3.05, 3.63) is 46.5 Å². The van der Waals surface area contributed by atoms with E-state index in [1.54, 1.807) is 0 Å². The SMILES string of the molecule is Cc1ccc(C)c(Cc2nnc(CN)n2C2CC2)c1. The van der Waals surface area contributed by atoms with Crippen LogP contribution in [-0.2, 0) is 13.0 Å². The average molecular weight is 256 g/mol. The van der Waals surface area contributed by atoms with Crippen molar-refractivity contribution in [2.45, 2.75) is 45.7 Å². The van der Waals surface area contributed by atoms with E-state index in [4.69, 9.17) is 5.73 Å². The van der Waals surface area contributed by atoms with Gasteiger partial charge < -0.3 is 10.3 Å². The number of aryl methyl sites for hydroxylation is 2. The van der Waals surface area contributed by atoms with Crippen LogP contribution in [0.3, 0.4) is 0 Å². The van der Waals surface area contributed by atoms with E-state index in [-0.39, 0.29) is 0 Å². The molecule has 0 aliphatic heterocycles. The van der Waals surface area contributed by atoms with Crippen LogP contribution in [0.2, 0.25) is 0 Å². The lowest BCUT2D eigenvalue weighted by Gasteiger charge is -2.10. The smallest absolute Gasteiger partial charge is 0.147 e. The molecule has 1 aliphatic rings. The Balaban J connectivity index is 1.94. The molecule has 0 amide bonds. The van der Waals surface area contributed by atoms with E-state index in [0.717, 1.165) is 18.1 Å². The van der Waals surface area contributed by atoms with Gasteiger partial charge in [-0.1, -0.05) is 23.8 Å². The van der Waals surface area contributed by atoms with Gasteiger partial charge in [0.15, 0.2) is 0 Å². The van der Waals surface area contributed by atoms with E-state index in [2.05, 4.69) is 46.8 Å². The summed E-state index contributed by atoms with van der Waals surface area (Å²) >= 11 is 0. The molecule has 1 aromatic heterocycles. The van der Waals surface area contributed by atoms with Gasteiger partial charge in [-0.05, 0) is 37.8 Å². The summed E-state index contributed by atoms with van der Waals surface area (Å²) in [5.41, 5.74) is 9.68. The van der Waals surface area contributed by atoms with Gasteiger partial charge in [0, 0.05) is 12.5 Å². The molecule has 3 rings (SSSR count). The highest BCUT2D eigenvalue weighted by Gasteiger charge is 2.28. The summed E-state index contributed by atoms with van der Waals surface area (Å²) < 4.78 is 2.25. The van der Waals surface area contributed by atoms with Crippen LogP contribution in [0.4, 0.5) is 0 Å². The summed E-state index contributed by atoms with van der Waals surface area (Å²) in [6, 6.07) is 7.14. The Labute approximate surface area is 113 Å². The first-order chi connectivity index (χ1) is 9.19. The molecule has 0 saturated heterocycles. The molecule has 19 heavy (non-hydrogen) atoms. The summed E-state index contributed by atoms with van der Waals surface area (Å²) in [4.78, 5) is 0. The minimum atomic E-state index is 0.469. The Morgan fingerprint density at radius 3 is 2.63 bits per heavy atom. The number of nitrogens with two attached hydrogens (primary N) is 1. The Morgan fingerprint density at radius 1 is 1.21 bits per heavy atom. The molecule has 4 heteroatoms. The standard InChI is InChI=1S/C15H20N4/c1-10-3-4-11(2)12(7-10)8-14-17-18-15(9-16)19(14)13-5-6-13/h3-4,7,13H,5-6,8-9,16H2,1-2H3. The third-order valence-corrected chi connectivity index (χ3v) is 3.78. The topological polar surface area (TPSA) is 56.7 Å². The average Bonchev–Trinajstić information content (AvgIpc) is 3.15. The fourth-order valence-electron chi connectivity index (χ4n) is 2.54. The maximum Gasteiger partial charge on any atom is 0.147 e. The van der Waals surface area contributed by atoms with Crippen LogP contribution in [0.1, 0.15) is 47.2 Å². The highest BCUT2D eigenvalue weighted by molar-refractivity contribution is 5.32. The molecule has 2 aromatic rings. The molecule has 0 bridgehead atoms. The third kappa shape index (κ3) is 2.40. The second-order valence-electron chi connectivity index (χ2n) is 5.44. The molecule has 0 atom stereocenters. The lowest BCUT2D eigenvalue weighted by molar-refractivity contribution is 0.652. The first-order valence-corrected chi connectivity index (χ1v) is 6.88. The lowest BCUT2D eigenvalue weighted by Crippen LogP contribution is -2.10. The summed E-state index contributed by atoms with van der Waals surface area (Å²) in [5, 5.41) is 8.58. The van der Waals surface area contributed by atoms with Gasteiger partial charge in [-0.15, -0.1) is 10.2 Å². The number of nitrogens with zero attached hydrogens (tertiary/aromatic N) is 3. The zero-order valence-corrected chi connectivity index (χ0v) is 11.6. The van der Waals surface area contributed by atoms with Crippen molar-refractivity contribution in [2.75, 3.05) is 0 Å². The van der Waals surface area contributed by atoms with E-state index in [0.29, 0.717) is 12.6 Å². The fraction of sp³-hybridized carbons (Fsp3) is 0.467. The van der Waals surface area contributed by atoms with Crippen molar-refractivity contribution in [3.8, 4) is 0 Å². The van der Waals surface area contributed by atoms with Crippen LogP contribution in [0.25, 0.3) is 0 Å². The van der Waals surface area contributed by atoms with E-state index in [1.165, 1.54) is 29.5 Å². The summed E-state index contributed by atoms with van der Waals surface area (Å²) in [7, 11) is 0. The predicted octanol–water partition coefficient (Wildman–Crippen LogP) is 2.28. The highest BCUT2D eigenvalue weighted by Crippen LogP contribution is 2.37. The van der Waals surface area contributed by atoms with Gasteiger partial charge in [0.25, 0.3) is 0 Å². The van der Waals surface area contributed by atoms with Gasteiger partial charge >= 0.3 is 0 Å². The molecule has 2 N–H and O–H groups in total. The van der Waals surface area contributed by atoms with E-state index in [1.807, 2.05) is 0 Å². The van der Waals surface area contributed by atoms with Crippen molar-refractivity contribution in [1.82, 2.24) is 14.8 Å². The number of hydrogen-bond acceptors (Lipinski definition) is 3. The minimum Gasteiger partial charge on any atom is -0.324 e. The Hall–Kier alpha value is -1.68. The van der Waals surface area contributed by atoms with E-state index >= 15 is 0 Å². The minimum absolute atomic E-state index is 0.469. The molecule has 1 aromatic carbocycles. The molecule has 1 heterocycles. The first-order valence-electron chi connectivity index (χ1n) is 6.88. The van der Waals surface area contributed by atoms with Crippen LogP contribution >= 0.6 is 0 Å². The van der Waals surface area contributed by atoms with Crippen LogP contribution in [-0.4, -0.2) is 14.8 Å². The zero-order chi connectivity index (χ0) is 13.4. The number of hydrogen-bond donors (Lipinski definition) is 1. The van der Waals surface area contributed by atoms with E-state index < -0.39 is 0 Å². The zero-order valence-electron chi connectivity index (χ0n) is 11.6. The van der Waals surface area contributed by atoms with Crippen LogP contribution in [0.5, 0.6) is 0 Å². The highest BCUT2D eigenvalue weighted by atomic mass is 15.3. The maximum atomic E-state index is 5.75. The predicted molar refractivity (Wildman–Crippen MR) is 74.9 cm³/mol. The van der Waals surface area contributed by atoms with E-state index in [9.17, 15) is 0 Å². The third-order valence-electron chi connectivity index (χ3n) is 3.78.